The molecule has 6 nitrogen and oxygen atoms in total. The van der Waals surface area contributed by atoms with Crippen LogP contribution in [0.2, 0.25) is 0 Å². The molecule has 116 valence electrons. The lowest BCUT2D eigenvalue weighted by Crippen LogP contribution is -2.38. The molecule has 0 spiro atoms. The van der Waals surface area contributed by atoms with Gasteiger partial charge in [0.25, 0.3) is 0 Å². The van der Waals surface area contributed by atoms with Crippen LogP contribution in [0.15, 0.2) is 23.6 Å². The molecule has 1 aromatic heterocycles. The van der Waals surface area contributed by atoms with E-state index in [0.717, 1.165) is 27.8 Å². The lowest BCUT2D eigenvalue weighted by Gasteiger charge is -2.09. The third-order valence-corrected chi connectivity index (χ3v) is 4.21. The fraction of sp³-hybridized carbons (Fsp3) is 0.333. The minimum atomic E-state index is -0.0690. The maximum atomic E-state index is 11.8. The molecule has 7 heteroatoms. The summed E-state index contributed by atoms with van der Waals surface area (Å²) in [5.41, 5.74) is 7.19. The number of carbonyl (C=O) groups is 1. The molecule has 0 saturated carbocycles. The highest BCUT2D eigenvalue weighted by Crippen LogP contribution is 2.36. The molecule has 0 fully saturated rings. The lowest BCUT2D eigenvalue weighted by molar-refractivity contribution is -0.121. The van der Waals surface area contributed by atoms with Gasteiger partial charge in [-0.2, -0.15) is 0 Å². The van der Waals surface area contributed by atoms with E-state index in [2.05, 4.69) is 10.3 Å². The number of hydrogen-bond donors (Lipinski definition) is 2. The van der Waals surface area contributed by atoms with Crippen LogP contribution in [0.3, 0.4) is 0 Å². The van der Waals surface area contributed by atoms with Crippen LogP contribution in [-0.2, 0) is 11.2 Å². The summed E-state index contributed by atoms with van der Waals surface area (Å²) < 4.78 is 10.7. The van der Waals surface area contributed by atoms with Crippen LogP contribution in [0.25, 0.3) is 10.6 Å². The first-order chi connectivity index (χ1) is 10.7. The van der Waals surface area contributed by atoms with Crippen molar-refractivity contribution in [3.8, 4) is 22.1 Å². The zero-order chi connectivity index (χ0) is 15.5. The number of fused-ring (bicyclic) bond motifs is 1. The van der Waals surface area contributed by atoms with Gasteiger partial charge in [-0.1, -0.05) is 0 Å². The minimum Gasteiger partial charge on any atom is -0.454 e. The van der Waals surface area contributed by atoms with E-state index < -0.39 is 0 Å². The van der Waals surface area contributed by atoms with Gasteiger partial charge in [0.2, 0.25) is 12.7 Å². The number of rotatable bonds is 5. The fourth-order valence-electron chi connectivity index (χ4n) is 2.10. The van der Waals surface area contributed by atoms with E-state index >= 15 is 0 Å². The predicted molar refractivity (Wildman–Crippen MR) is 84.0 cm³/mol. The van der Waals surface area contributed by atoms with Gasteiger partial charge in [-0.3, -0.25) is 4.79 Å². The van der Waals surface area contributed by atoms with Crippen LogP contribution < -0.4 is 20.5 Å². The zero-order valence-corrected chi connectivity index (χ0v) is 13.0. The number of thiazole rings is 1. The van der Waals surface area contributed by atoms with Crippen LogP contribution in [-0.4, -0.2) is 30.3 Å². The van der Waals surface area contributed by atoms with E-state index in [1.807, 2.05) is 30.5 Å². The number of amides is 1. The Bertz CT molecular complexity index is 686. The SMILES string of the molecule is C[C@@H](CN)NC(=O)Cc1csc(-c2ccc3c(c2)OCO3)n1. The van der Waals surface area contributed by atoms with E-state index in [0.29, 0.717) is 6.54 Å². The molecule has 2 heterocycles. The smallest absolute Gasteiger partial charge is 0.231 e. The Morgan fingerprint density at radius 1 is 1.45 bits per heavy atom. The zero-order valence-electron chi connectivity index (χ0n) is 12.2. The molecule has 1 amide bonds. The predicted octanol–water partition coefficient (Wildman–Crippen LogP) is 1.54. The molecule has 3 rings (SSSR count). The van der Waals surface area contributed by atoms with E-state index in [9.17, 15) is 4.79 Å². The van der Waals surface area contributed by atoms with Gasteiger partial charge < -0.3 is 20.5 Å². The monoisotopic (exact) mass is 319 g/mol. The van der Waals surface area contributed by atoms with Crippen molar-refractivity contribution in [1.82, 2.24) is 10.3 Å². The number of ether oxygens (including phenoxy) is 2. The van der Waals surface area contributed by atoms with Crippen molar-refractivity contribution in [1.29, 1.82) is 0 Å². The number of benzene rings is 1. The highest BCUT2D eigenvalue weighted by atomic mass is 32.1. The Morgan fingerprint density at radius 2 is 2.27 bits per heavy atom. The van der Waals surface area contributed by atoms with Gasteiger partial charge in [0, 0.05) is 23.5 Å². The Hall–Kier alpha value is -2.12. The van der Waals surface area contributed by atoms with Crippen molar-refractivity contribution in [2.24, 2.45) is 5.73 Å². The van der Waals surface area contributed by atoms with E-state index in [1.54, 1.807) is 0 Å². The average molecular weight is 319 g/mol. The average Bonchev–Trinajstić information content (AvgIpc) is 3.14. The van der Waals surface area contributed by atoms with Gasteiger partial charge in [-0.25, -0.2) is 4.98 Å². The molecule has 1 aromatic carbocycles. The van der Waals surface area contributed by atoms with Gasteiger partial charge in [-0.05, 0) is 25.1 Å². The molecule has 0 radical (unpaired) electrons. The third kappa shape index (κ3) is 3.20. The summed E-state index contributed by atoms with van der Waals surface area (Å²) in [6, 6.07) is 5.68. The van der Waals surface area contributed by atoms with Crippen molar-refractivity contribution >= 4 is 17.2 Å². The lowest BCUT2D eigenvalue weighted by atomic mass is 10.2. The molecule has 1 atom stereocenters. The Labute approximate surface area is 132 Å². The maximum Gasteiger partial charge on any atom is 0.231 e. The van der Waals surface area contributed by atoms with Gasteiger partial charge in [0.05, 0.1) is 12.1 Å². The van der Waals surface area contributed by atoms with Crippen molar-refractivity contribution < 1.29 is 14.3 Å². The van der Waals surface area contributed by atoms with Crippen LogP contribution in [0.1, 0.15) is 12.6 Å². The van der Waals surface area contributed by atoms with Gasteiger partial charge in [0.1, 0.15) is 5.01 Å². The Kier molecular flexibility index (Phi) is 4.26. The normalized spacial score (nSPS) is 13.9. The first-order valence-electron chi connectivity index (χ1n) is 6.99. The number of aromatic nitrogens is 1. The van der Waals surface area contributed by atoms with Gasteiger partial charge in [0.15, 0.2) is 11.5 Å². The van der Waals surface area contributed by atoms with Crippen LogP contribution >= 0.6 is 11.3 Å². The summed E-state index contributed by atoms with van der Waals surface area (Å²) in [7, 11) is 0. The summed E-state index contributed by atoms with van der Waals surface area (Å²) in [6.45, 7) is 2.55. The van der Waals surface area contributed by atoms with Crippen molar-refractivity contribution in [3.63, 3.8) is 0 Å². The molecule has 0 bridgehead atoms. The van der Waals surface area contributed by atoms with Crippen molar-refractivity contribution in [2.75, 3.05) is 13.3 Å². The summed E-state index contributed by atoms with van der Waals surface area (Å²) in [4.78, 5) is 16.4. The second kappa shape index (κ2) is 6.33. The second-order valence-corrected chi connectivity index (χ2v) is 5.95. The molecule has 1 aliphatic rings. The van der Waals surface area contributed by atoms with Crippen LogP contribution in [0.5, 0.6) is 11.5 Å². The highest BCUT2D eigenvalue weighted by Gasteiger charge is 2.16. The van der Waals surface area contributed by atoms with Gasteiger partial charge >= 0.3 is 0 Å². The van der Waals surface area contributed by atoms with Crippen LogP contribution in [0, 0.1) is 0 Å². The van der Waals surface area contributed by atoms with Crippen molar-refractivity contribution in [2.45, 2.75) is 19.4 Å². The quantitative estimate of drug-likeness (QED) is 0.873. The number of nitrogens with zero attached hydrogens (tertiary/aromatic N) is 1. The van der Waals surface area contributed by atoms with E-state index in [4.69, 9.17) is 15.2 Å². The molecule has 0 unspecified atom stereocenters. The first-order valence-corrected chi connectivity index (χ1v) is 7.87. The molecule has 0 saturated heterocycles. The Morgan fingerprint density at radius 3 is 3.09 bits per heavy atom. The first kappa shape index (κ1) is 14.8. The third-order valence-electron chi connectivity index (χ3n) is 3.27. The van der Waals surface area contributed by atoms with E-state index in [1.165, 1.54) is 11.3 Å². The molecule has 2 aromatic rings. The molecule has 1 aliphatic heterocycles. The summed E-state index contributed by atoms with van der Waals surface area (Å²) in [6.07, 6.45) is 0.255. The molecular formula is C15H17N3O3S. The number of hydrogen-bond acceptors (Lipinski definition) is 6. The van der Waals surface area contributed by atoms with Crippen LogP contribution in [0.4, 0.5) is 0 Å². The molecule has 0 aliphatic carbocycles. The number of nitrogens with two attached hydrogens (primary N) is 1. The summed E-state index contributed by atoms with van der Waals surface area (Å²) >= 11 is 1.50. The van der Waals surface area contributed by atoms with Gasteiger partial charge in [-0.15, -0.1) is 11.3 Å². The molecule has 22 heavy (non-hydrogen) atoms. The standard InChI is InChI=1S/C15H17N3O3S/c1-9(6-16)17-14(19)5-11-7-22-15(18-11)10-2-3-12-13(4-10)21-8-20-12/h2-4,7,9H,5-6,8,16H2,1H3,(H,17,19)/t9-/m0/s1. The number of carbonyl (C=O) groups excluding carboxylic acids is 1. The highest BCUT2D eigenvalue weighted by molar-refractivity contribution is 7.13. The fourth-order valence-corrected chi connectivity index (χ4v) is 2.92. The number of nitrogens with one attached hydrogen (secondary N) is 1. The second-order valence-electron chi connectivity index (χ2n) is 5.09. The molecular weight excluding hydrogens is 302 g/mol. The maximum absolute atomic E-state index is 11.8. The summed E-state index contributed by atoms with van der Waals surface area (Å²) in [5, 5.41) is 5.58. The minimum absolute atomic E-state index is 0.0283. The van der Waals surface area contributed by atoms with Crippen molar-refractivity contribution in [3.05, 3.63) is 29.3 Å². The summed E-state index contributed by atoms with van der Waals surface area (Å²) in [5.74, 6) is 1.40. The van der Waals surface area contributed by atoms with E-state index in [-0.39, 0.29) is 25.2 Å². The topological polar surface area (TPSA) is 86.5 Å². The largest absolute Gasteiger partial charge is 0.454 e. The molecule has 3 N–H and O–H groups in total. The Balaban J connectivity index is 1.70.